The van der Waals surface area contributed by atoms with Gasteiger partial charge in [-0.15, -0.1) is 0 Å². The van der Waals surface area contributed by atoms with E-state index in [1.165, 1.54) is 0 Å². The van der Waals surface area contributed by atoms with Crippen LogP contribution in [0.25, 0.3) is 0 Å². The van der Waals surface area contributed by atoms with E-state index in [2.05, 4.69) is 0 Å². The predicted octanol–water partition coefficient (Wildman–Crippen LogP) is 4.18. The molecule has 0 saturated heterocycles. The average Bonchev–Trinajstić information content (AvgIpc) is 3.23. The van der Waals surface area contributed by atoms with E-state index in [1.807, 2.05) is 44.2 Å². The van der Waals surface area contributed by atoms with Gasteiger partial charge in [-0.05, 0) is 61.4 Å². The summed E-state index contributed by atoms with van der Waals surface area (Å²) < 4.78 is 22.6. The molecule has 3 aromatic rings. The molecule has 0 saturated carbocycles. The Hall–Kier alpha value is -2.66. The van der Waals surface area contributed by atoms with Crippen LogP contribution in [0.15, 0.2) is 45.2 Å². The van der Waals surface area contributed by atoms with Gasteiger partial charge in [0.05, 0.1) is 20.8 Å². The van der Waals surface area contributed by atoms with Crippen molar-refractivity contribution in [3.63, 3.8) is 0 Å². The summed E-state index contributed by atoms with van der Waals surface area (Å²) in [7, 11) is 3.16. The normalized spacial score (nSPS) is 11.1. The maximum absolute atomic E-state index is 9.90. The molecule has 0 spiro atoms. The Morgan fingerprint density at radius 2 is 1.40 bits per heavy atom. The number of ether oxygens (including phenoxy) is 2. The summed E-state index contributed by atoms with van der Waals surface area (Å²) in [4.78, 5) is 0. The molecule has 2 heterocycles. The van der Waals surface area contributed by atoms with E-state index in [4.69, 9.17) is 18.3 Å². The fraction of sp³-hybridized carbons (Fsp3) is 0.300. The fourth-order valence-corrected chi connectivity index (χ4v) is 3.01. The number of aryl methyl sites for hydroxylation is 2. The van der Waals surface area contributed by atoms with Crippen molar-refractivity contribution >= 4 is 0 Å². The van der Waals surface area contributed by atoms with E-state index < -0.39 is 0 Å². The molecule has 0 bridgehead atoms. The van der Waals surface area contributed by atoms with Crippen LogP contribution in [-0.2, 0) is 6.61 Å². The molecular formula is C20H22O5. The van der Waals surface area contributed by atoms with Gasteiger partial charge in [-0.25, -0.2) is 0 Å². The smallest absolute Gasteiger partial charge is 0.161 e. The number of furan rings is 2. The molecule has 0 atom stereocenters. The molecule has 0 fully saturated rings. The quantitative estimate of drug-likeness (QED) is 0.728. The van der Waals surface area contributed by atoms with Crippen molar-refractivity contribution in [3.8, 4) is 11.5 Å². The lowest BCUT2D eigenvalue weighted by atomic mass is 9.89. The van der Waals surface area contributed by atoms with E-state index in [0.29, 0.717) is 11.5 Å². The first-order chi connectivity index (χ1) is 12.1. The highest BCUT2D eigenvalue weighted by Gasteiger charge is 2.27. The lowest BCUT2D eigenvalue weighted by Crippen LogP contribution is -2.07. The van der Waals surface area contributed by atoms with Crippen LogP contribution in [0.5, 0.6) is 11.5 Å². The molecule has 0 amide bonds. The van der Waals surface area contributed by atoms with Crippen LogP contribution >= 0.6 is 0 Å². The second-order valence-corrected chi connectivity index (χ2v) is 5.89. The Morgan fingerprint density at radius 1 is 0.880 bits per heavy atom. The van der Waals surface area contributed by atoms with Gasteiger partial charge in [0.1, 0.15) is 29.0 Å². The summed E-state index contributed by atoms with van der Waals surface area (Å²) in [6, 6.07) is 11.3. The molecule has 5 nitrogen and oxygen atoms in total. The monoisotopic (exact) mass is 342 g/mol. The highest BCUT2D eigenvalue weighted by molar-refractivity contribution is 5.52. The van der Waals surface area contributed by atoms with Gasteiger partial charge in [0.25, 0.3) is 0 Å². The Kier molecular flexibility index (Phi) is 4.86. The van der Waals surface area contributed by atoms with Crippen molar-refractivity contribution in [2.45, 2.75) is 26.4 Å². The molecule has 0 aliphatic carbocycles. The zero-order valence-corrected chi connectivity index (χ0v) is 14.8. The molecule has 25 heavy (non-hydrogen) atoms. The third-order valence-electron chi connectivity index (χ3n) is 4.22. The van der Waals surface area contributed by atoms with Gasteiger partial charge in [0, 0.05) is 0 Å². The van der Waals surface area contributed by atoms with E-state index in [1.54, 1.807) is 20.3 Å². The number of aliphatic hydroxyl groups excluding tert-OH is 1. The van der Waals surface area contributed by atoms with Crippen molar-refractivity contribution in [1.29, 1.82) is 0 Å². The highest BCUT2D eigenvalue weighted by atomic mass is 16.5. The van der Waals surface area contributed by atoms with E-state index in [9.17, 15) is 5.11 Å². The van der Waals surface area contributed by atoms with Crippen LogP contribution in [-0.4, -0.2) is 19.3 Å². The average molecular weight is 342 g/mol. The summed E-state index contributed by atoms with van der Waals surface area (Å²) in [6.07, 6.45) is 0. The standard InChI is InChI=1S/C20H22O5/c1-12-5-7-16(24-12)20(17-8-6-13(2)25-17)15-10-19(23-4)18(22-3)9-14(15)11-21/h5-10,20-21H,11H2,1-4H3. The van der Waals surface area contributed by atoms with E-state index in [-0.39, 0.29) is 12.5 Å². The highest BCUT2D eigenvalue weighted by Crippen LogP contribution is 2.40. The number of methoxy groups -OCH3 is 2. The van der Waals surface area contributed by atoms with Crippen LogP contribution in [0.3, 0.4) is 0 Å². The number of hydrogen-bond donors (Lipinski definition) is 1. The zero-order chi connectivity index (χ0) is 18.0. The first kappa shape index (κ1) is 17.2. The fourth-order valence-electron chi connectivity index (χ4n) is 3.01. The molecule has 0 aliphatic rings. The molecule has 0 unspecified atom stereocenters. The lowest BCUT2D eigenvalue weighted by Gasteiger charge is -2.19. The Labute approximate surface area is 146 Å². The van der Waals surface area contributed by atoms with Crippen LogP contribution in [0, 0.1) is 13.8 Å². The third-order valence-corrected chi connectivity index (χ3v) is 4.22. The third kappa shape index (κ3) is 3.28. The Balaban J connectivity index is 2.22. The molecule has 5 heteroatoms. The number of rotatable bonds is 6. The van der Waals surface area contributed by atoms with Crippen molar-refractivity contribution in [1.82, 2.24) is 0 Å². The van der Waals surface area contributed by atoms with E-state index >= 15 is 0 Å². The summed E-state index contributed by atoms with van der Waals surface area (Å²) in [5.41, 5.74) is 1.58. The second-order valence-electron chi connectivity index (χ2n) is 5.89. The number of benzene rings is 1. The first-order valence-corrected chi connectivity index (χ1v) is 8.05. The summed E-state index contributed by atoms with van der Waals surface area (Å²) in [6.45, 7) is 3.66. The van der Waals surface area contributed by atoms with E-state index in [0.717, 1.165) is 34.2 Å². The largest absolute Gasteiger partial charge is 0.493 e. The summed E-state index contributed by atoms with van der Waals surface area (Å²) in [5, 5.41) is 9.90. The van der Waals surface area contributed by atoms with Gasteiger partial charge >= 0.3 is 0 Å². The minimum Gasteiger partial charge on any atom is -0.493 e. The SMILES string of the molecule is COc1cc(CO)c(C(c2ccc(C)o2)c2ccc(C)o2)cc1OC. The van der Waals surface area contributed by atoms with Crippen molar-refractivity contribution in [3.05, 3.63) is 70.6 Å². The summed E-state index contributed by atoms with van der Waals surface area (Å²) >= 11 is 0. The molecule has 0 aliphatic heterocycles. The van der Waals surface area contributed by atoms with Crippen molar-refractivity contribution in [2.24, 2.45) is 0 Å². The molecule has 1 N–H and O–H groups in total. The predicted molar refractivity (Wildman–Crippen MR) is 93.3 cm³/mol. The molecule has 1 aromatic carbocycles. The van der Waals surface area contributed by atoms with Crippen LogP contribution in [0.2, 0.25) is 0 Å². The van der Waals surface area contributed by atoms with Gasteiger partial charge in [-0.2, -0.15) is 0 Å². The second kappa shape index (κ2) is 7.07. The van der Waals surface area contributed by atoms with Gasteiger partial charge in [0.2, 0.25) is 0 Å². The molecule has 3 rings (SSSR count). The molecular weight excluding hydrogens is 320 g/mol. The minimum absolute atomic E-state index is 0.133. The number of hydrogen-bond acceptors (Lipinski definition) is 5. The van der Waals surface area contributed by atoms with Gasteiger partial charge in [-0.3, -0.25) is 0 Å². The minimum atomic E-state index is -0.288. The zero-order valence-electron chi connectivity index (χ0n) is 14.8. The molecule has 132 valence electrons. The van der Waals surface area contributed by atoms with Crippen LogP contribution < -0.4 is 9.47 Å². The van der Waals surface area contributed by atoms with Crippen LogP contribution in [0.1, 0.15) is 40.1 Å². The Morgan fingerprint density at radius 3 is 1.80 bits per heavy atom. The van der Waals surface area contributed by atoms with Gasteiger partial charge in [-0.1, -0.05) is 0 Å². The summed E-state index contributed by atoms with van der Waals surface area (Å²) in [5.74, 6) is 3.99. The Bertz CT molecular complexity index is 819. The maximum Gasteiger partial charge on any atom is 0.161 e. The van der Waals surface area contributed by atoms with Crippen molar-refractivity contribution in [2.75, 3.05) is 14.2 Å². The maximum atomic E-state index is 9.90. The first-order valence-electron chi connectivity index (χ1n) is 8.05. The lowest BCUT2D eigenvalue weighted by molar-refractivity contribution is 0.278. The molecule has 0 radical (unpaired) electrons. The van der Waals surface area contributed by atoms with Crippen LogP contribution in [0.4, 0.5) is 0 Å². The topological polar surface area (TPSA) is 65.0 Å². The number of aliphatic hydroxyl groups is 1. The van der Waals surface area contributed by atoms with Crippen molar-refractivity contribution < 1.29 is 23.4 Å². The van der Waals surface area contributed by atoms with Gasteiger partial charge < -0.3 is 23.4 Å². The molecule has 2 aromatic heterocycles. The van der Waals surface area contributed by atoms with Gasteiger partial charge in [0.15, 0.2) is 11.5 Å².